The average molecular weight is 206 g/mol. The summed E-state index contributed by atoms with van der Waals surface area (Å²) in [5, 5.41) is 0. The highest BCUT2D eigenvalue weighted by Gasteiger charge is 2.49. The Morgan fingerprint density at radius 2 is 1.86 bits per heavy atom. The van der Waals surface area contributed by atoms with Crippen LogP contribution in [-0.2, 0) is 14.5 Å². The molecule has 0 saturated carbocycles. The SMILES string of the molecule is CC12CCC(C)(SO1)c1ccccc12. The Morgan fingerprint density at radius 3 is 2.43 bits per heavy atom. The Kier molecular flexibility index (Phi) is 1.61. The van der Waals surface area contributed by atoms with Gasteiger partial charge in [-0.3, -0.25) is 0 Å². The third-order valence-corrected chi connectivity index (χ3v) is 4.80. The summed E-state index contributed by atoms with van der Waals surface area (Å²) in [5.41, 5.74) is 2.83. The maximum atomic E-state index is 5.91. The smallest absolute Gasteiger partial charge is 0.105 e. The summed E-state index contributed by atoms with van der Waals surface area (Å²) in [6.07, 6.45) is 2.37. The largest absolute Gasteiger partial charge is 0.303 e. The van der Waals surface area contributed by atoms with Crippen LogP contribution in [0.3, 0.4) is 0 Å². The van der Waals surface area contributed by atoms with Crippen LogP contribution < -0.4 is 0 Å². The van der Waals surface area contributed by atoms with Gasteiger partial charge in [0.25, 0.3) is 0 Å². The van der Waals surface area contributed by atoms with Crippen molar-refractivity contribution in [2.75, 3.05) is 0 Å². The molecule has 2 heteroatoms. The minimum atomic E-state index is -0.0426. The molecule has 1 nitrogen and oxygen atoms in total. The Labute approximate surface area is 89.1 Å². The minimum Gasteiger partial charge on any atom is -0.303 e. The van der Waals surface area contributed by atoms with E-state index in [9.17, 15) is 0 Å². The van der Waals surface area contributed by atoms with Gasteiger partial charge in [-0.2, -0.15) is 0 Å². The summed E-state index contributed by atoms with van der Waals surface area (Å²) in [6, 6.07) is 8.71. The lowest BCUT2D eigenvalue weighted by Crippen LogP contribution is -2.42. The fourth-order valence-corrected chi connectivity index (χ4v) is 3.50. The molecule has 2 bridgehead atoms. The zero-order valence-electron chi connectivity index (χ0n) is 8.54. The second kappa shape index (κ2) is 2.56. The lowest BCUT2D eigenvalue weighted by Gasteiger charge is -2.49. The first-order valence-corrected chi connectivity index (χ1v) is 5.85. The van der Waals surface area contributed by atoms with Gasteiger partial charge < -0.3 is 4.18 Å². The van der Waals surface area contributed by atoms with Gasteiger partial charge in [-0.15, -0.1) is 0 Å². The lowest BCUT2D eigenvalue weighted by atomic mass is 9.74. The molecule has 2 unspecified atom stereocenters. The number of rotatable bonds is 0. The van der Waals surface area contributed by atoms with Crippen molar-refractivity contribution in [1.82, 2.24) is 0 Å². The molecule has 0 spiro atoms. The van der Waals surface area contributed by atoms with E-state index in [1.807, 2.05) is 0 Å². The van der Waals surface area contributed by atoms with Crippen LogP contribution in [0.15, 0.2) is 24.3 Å². The zero-order chi connectivity index (χ0) is 9.81. The van der Waals surface area contributed by atoms with E-state index >= 15 is 0 Å². The number of hydrogen-bond acceptors (Lipinski definition) is 2. The van der Waals surface area contributed by atoms with Crippen LogP contribution in [0, 0.1) is 0 Å². The predicted octanol–water partition coefficient (Wildman–Crippen LogP) is 3.59. The second-order valence-corrected chi connectivity index (χ2v) is 5.91. The van der Waals surface area contributed by atoms with E-state index in [-0.39, 0.29) is 10.3 Å². The summed E-state index contributed by atoms with van der Waals surface area (Å²) < 4.78 is 6.10. The van der Waals surface area contributed by atoms with Crippen LogP contribution >= 0.6 is 12.0 Å². The van der Waals surface area contributed by atoms with E-state index in [1.165, 1.54) is 17.5 Å². The first kappa shape index (κ1) is 8.81. The van der Waals surface area contributed by atoms with Crippen molar-refractivity contribution in [3.8, 4) is 0 Å². The molecular formula is C12H14OS. The molecule has 0 N–H and O–H groups in total. The molecule has 1 saturated heterocycles. The van der Waals surface area contributed by atoms with Crippen molar-refractivity contribution in [1.29, 1.82) is 0 Å². The molecule has 1 fully saturated rings. The summed E-state index contributed by atoms with van der Waals surface area (Å²) in [6.45, 7) is 4.49. The van der Waals surface area contributed by atoms with Crippen molar-refractivity contribution >= 4 is 12.0 Å². The molecule has 2 heterocycles. The molecule has 14 heavy (non-hydrogen) atoms. The van der Waals surface area contributed by atoms with Gasteiger partial charge >= 0.3 is 0 Å². The monoisotopic (exact) mass is 206 g/mol. The van der Waals surface area contributed by atoms with Gasteiger partial charge in [0, 0.05) is 12.0 Å². The normalized spacial score (nSPS) is 39.6. The van der Waals surface area contributed by atoms with Crippen LogP contribution in [-0.4, -0.2) is 0 Å². The highest BCUT2D eigenvalue weighted by Crippen LogP contribution is 2.59. The van der Waals surface area contributed by atoms with Crippen LogP contribution in [0.5, 0.6) is 0 Å². The minimum absolute atomic E-state index is 0.0426. The third-order valence-electron chi connectivity index (χ3n) is 3.56. The molecule has 2 atom stereocenters. The van der Waals surface area contributed by atoms with E-state index in [2.05, 4.69) is 38.1 Å². The Bertz CT molecular complexity index is 341. The zero-order valence-corrected chi connectivity index (χ0v) is 9.36. The van der Waals surface area contributed by atoms with Crippen molar-refractivity contribution in [3.05, 3.63) is 35.4 Å². The third kappa shape index (κ3) is 0.958. The summed E-state index contributed by atoms with van der Waals surface area (Å²) >= 11 is 1.66. The second-order valence-electron chi connectivity index (χ2n) is 4.67. The van der Waals surface area contributed by atoms with Crippen molar-refractivity contribution < 1.29 is 4.18 Å². The topological polar surface area (TPSA) is 9.23 Å². The molecule has 1 aromatic rings. The molecule has 2 aliphatic heterocycles. The number of fused-ring (bicyclic) bond motifs is 2. The molecule has 0 radical (unpaired) electrons. The Balaban J connectivity index is 2.28. The standard InChI is InChI=1S/C12H14OS/c1-11-7-8-12(2,14-13-11)10-6-4-3-5-9(10)11/h3-6H,7-8H2,1-2H3. The maximum Gasteiger partial charge on any atom is 0.105 e. The molecule has 4 rings (SSSR count). The highest BCUT2D eigenvalue weighted by molar-refractivity contribution is 7.95. The summed E-state index contributed by atoms with van der Waals surface area (Å²) in [7, 11) is 0. The van der Waals surface area contributed by atoms with E-state index < -0.39 is 0 Å². The molecule has 74 valence electrons. The first-order chi connectivity index (χ1) is 6.64. The average Bonchev–Trinajstić information content (AvgIpc) is 2.22. The summed E-state index contributed by atoms with van der Waals surface area (Å²) in [5.74, 6) is 0. The van der Waals surface area contributed by atoms with Gasteiger partial charge in [0.1, 0.15) is 5.60 Å². The van der Waals surface area contributed by atoms with Crippen molar-refractivity contribution in [2.24, 2.45) is 0 Å². The number of hydrogen-bond donors (Lipinski definition) is 0. The highest BCUT2D eigenvalue weighted by atomic mass is 32.2. The predicted molar refractivity (Wildman–Crippen MR) is 59.1 cm³/mol. The Morgan fingerprint density at radius 1 is 1.14 bits per heavy atom. The fourth-order valence-electron chi connectivity index (χ4n) is 2.51. The van der Waals surface area contributed by atoms with E-state index in [1.54, 1.807) is 12.0 Å². The van der Waals surface area contributed by atoms with Crippen molar-refractivity contribution in [2.45, 2.75) is 37.0 Å². The first-order valence-electron chi connectivity index (χ1n) is 5.11. The van der Waals surface area contributed by atoms with Gasteiger partial charge in [0.2, 0.25) is 0 Å². The molecule has 3 aliphatic rings. The maximum absolute atomic E-state index is 5.91. The van der Waals surface area contributed by atoms with Gasteiger partial charge in [0.15, 0.2) is 0 Å². The summed E-state index contributed by atoms with van der Waals surface area (Å²) in [4.78, 5) is 0. The molecular weight excluding hydrogens is 192 g/mol. The molecule has 1 aliphatic carbocycles. The van der Waals surface area contributed by atoms with Crippen LogP contribution in [0.2, 0.25) is 0 Å². The van der Waals surface area contributed by atoms with Crippen LogP contribution in [0.1, 0.15) is 37.8 Å². The van der Waals surface area contributed by atoms with E-state index in [4.69, 9.17) is 4.18 Å². The quantitative estimate of drug-likeness (QED) is 0.600. The molecule has 0 aromatic heterocycles. The molecule has 0 amide bonds. The van der Waals surface area contributed by atoms with Gasteiger partial charge in [0.05, 0.1) is 4.75 Å². The van der Waals surface area contributed by atoms with Gasteiger partial charge in [-0.05, 0) is 37.8 Å². The van der Waals surface area contributed by atoms with Crippen molar-refractivity contribution in [3.63, 3.8) is 0 Å². The van der Waals surface area contributed by atoms with Crippen LogP contribution in [0.25, 0.3) is 0 Å². The van der Waals surface area contributed by atoms with E-state index in [0.29, 0.717) is 0 Å². The molecule has 1 aromatic carbocycles. The fraction of sp³-hybridized carbons (Fsp3) is 0.500. The van der Waals surface area contributed by atoms with Gasteiger partial charge in [-0.25, -0.2) is 0 Å². The Hall–Kier alpha value is -0.470. The number of benzene rings is 1. The van der Waals surface area contributed by atoms with Crippen LogP contribution in [0.4, 0.5) is 0 Å². The lowest BCUT2D eigenvalue weighted by molar-refractivity contribution is 0.0604. The van der Waals surface area contributed by atoms with E-state index in [0.717, 1.165) is 6.42 Å². The van der Waals surface area contributed by atoms with Gasteiger partial charge in [-0.1, -0.05) is 24.3 Å².